The minimum Gasteiger partial charge on any atom is -0.352 e. The molecule has 2 saturated carbocycles. The Balaban J connectivity index is 1.57. The zero-order valence-electron chi connectivity index (χ0n) is 7.75. The van der Waals surface area contributed by atoms with Crippen molar-refractivity contribution in [2.24, 2.45) is 17.8 Å². The quantitative estimate of drug-likeness (QED) is 0.634. The van der Waals surface area contributed by atoms with E-state index in [4.69, 9.17) is 0 Å². The standard InChI is InChI=1S/C10H16N2O/c13-10(6-1-2-6)12-9-7-3-8(9)5-11-4-7/h6-9,11H,1-5H2,(H,12,13). The van der Waals surface area contributed by atoms with Crippen LogP contribution in [0.4, 0.5) is 0 Å². The summed E-state index contributed by atoms with van der Waals surface area (Å²) < 4.78 is 0. The van der Waals surface area contributed by atoms with Gasteiger partial charge >= 0.3 is 0 Å². The van der Waals surface area contributed by atoms with Crippen LogP contribution in [-0.2, 0) is 4.79 Å². The van der Waals surface area contributed by atoms with Crippen molar-refractivity contribution >= 4 is 5.91 Å². The molecule has 0 spiro atoms. The van der Waals surface area contributed by atoms with Gasteiger partial charge in [0.1, 0.15) is 0 Å². The maximum Gasteiger partial charge on any atom is 0.223 e. The van der Waals surface area contributed by atoms with E-state index >= 15 is 0 Å². The minimum atomic E-state index is 0.321. The first-order chi connectivity index (χ1) is 6.34. The molecule has 0 radical (unpaired) electrons. The highest BCUT2D eigenvalue weighted by Gasteiger charge is 2.45. The number of rotatable bonds is 2. The molecule has 1 heterocycles. The van der Waals surface area contributed by atoms with E-state index in [0.29, 0.717) is 17.9 Å². The summed E-state index contributed by atoms with van der Waals surface area (Å²) in [6.45, 7) is 2.21. The van der Waals surface area contributed by atoms with Gasteiger partial charge in [0.15, 0.2) is 0 Å². The highest BCUT2D eigenvalue weighted by Crippen LogP contribution is 2.38. The molecule has 3 fully saturated rings. The number of carbonyl (C=O) groups excluding carboxylic acids is 1. The van der Waals surface area contributed by atoms with Crippen molar-refractivity contribution in [1.82, 2.24) is 10.6 Å². The Labute approximate surface area is 78.3 Å². The van der Waals surface area contributed by atoms with Gasteiger partial charge in [0.25, 0.3) is 0 Å². The van der Waals surface area contributed by atoms with Gasteiger partial charge in [-0.3, -0.25) is 4.79 Å². The van der Waals surface area contributed by atoms with Crippen LogP contribution in [0.3, 0.4) is 0 Å². The van der Waals surface area contributed by atoms with Gasteiger partial charge in [-0.15, -0.1) is 0 Å². The van der Waals surface area contributed by atoms with Gasteiger partial charge in [-0.05, 0) is 44.2 Å². The molecule has 2 atom stereocenters. The number of nitrogens with one attached hydrogen (secondary N) is 2. The van der Waals surface area contributed by atoms with Crippen molar-refractivity contribution in [3.8, 4) is 0 Å². The molecule has 2 unspecified atom stereocenters. The van der Waals surface area contributed by atoms with Gasteiger partial charge in [-0.2, -0.15) is 0 Å². The summed E-state index contributed by atoms with van der Waals surface area (Å²) >= 11 is 0. The molecule has 3 aliphatic rings. The number of piperidine rings is 2. The lowest BCUT2D eigenvalue weighted by Gasteiger charge is -2.49. The second kappa shape index (κ2) is 2.71. The van der Waals surface area contributed by atoms with Crippen LogP contribution in [-0.4, -0.2) is 25.0 Å². The first-order valence-electron chi connectivity index (χ1n) is 5.35. The number of fused-ring (bicyclic) bond motifs is 2. The Morgan fingerprint density at radius 3 is 2.46 bits per heavy atom. The van der Waals surface area contributed by atoms with Crippen LogP contribution in [0.2, 0.25) is 0 Å². The predicted octanol–water partition coefficient (Wildman–Crippen LogP) is 0.120. The fourth-order valence-electron chi connectivity index (χ4n) is 2.61. The van der Waals surface area contributed by atoms with E-state index in [2.05, 4.69) is 10.6 Å². The summed E-state index contributed by atoms with van der Waals surface area (Å²) in [4.78, 5) is 11.5. The van der Waals surface area contributed by atoms with Crippen LogP contribution in [0.1, 0.15) is 19.3 Å². The molecule has 1 aliphatic heterocycles. The van der Waals surface area contributed by atoms with Crippen molar-refractivity contribution < 1.29 is 4.79 Å². The molecular weight excluding hydrogens is 164 g/mol. The summed E-state index contributed by atoms with van der Waals surface area (Å²) in [6, 6.07) is 0.509. The Morgan fingerprint density at radius 1 is 1.23 bits per heavy atom. The van der Waals surface area contributed by atoms with Crippen LogP contribution in [0, 0.1) is 17.8 Å². The number of hydrogen-bond donors (Lipinski definition) is 2. The van der Waals surface area contributed by atoms with E-state index in [1.165, 1.54) is 6.42 Å². The maximum atomic E-state index is 11.5. The zero-order valence-corrected chi connectivity index (χ0v) is 7.75. The third-order valence-corrected chi connectivity index (χ3v) is 3.69. The summed E-state index contributed by atoms with van der Waals surface area (Å²) in [7, 11) is 0. The average molecular weight is 180 g/mol. The molecule has 2 N–H and O–H groups in total. The first-order valence-corrected chi connectivity index (χ1v) is 5.35. The summed E-state index contributed by atoms with van der Waals surface area (Å²) in [5.41, 5.74) is 0. The molecule has 3 nitrogen and oxygen atoms in total. The summed E-state index contributed by atoms with van der Waals surface area (Å²) in [5, 5.41) is 6.58. The lowest BCUT2D eigenvalue weighted by molar-refractivity contribution is -0.125. The average Bonchev–Trinajstić information content (AvgIpc) is 2.98. The van der Waals surface area contributed by atoms with Crippen molar-refractivity contribution in [2.75, 3.05) is 13.1 Å². The Bertz CT molecular complexity index is 223. The second-order valence-corrected chi connectivity index (χ2v) is 4.72. The molecule has 2 aliphatic carbocycles. The Morgan fingerprint density at radius 2 is 1.92 bits per heavy atom. The third-order valence-electron chi connectivity index (χ3n) is 3.69. The van der Waals surface area contributed by atoms with Gasteiger partial charge in [-0.25, -0.2) is 0 Å². The topological polar surface area (TPSA) is 41.1 Å². The monoisotopic (exact) mass is 180 g/mol. The first kappa shape index (κ1) is 7.80. The third kappa shape index (κ3) is 1.26. The molecule has 72 valence electrons. The molecule has 13 heavy (non-hydrogen) atoms. The van der Waals surface area contributed by atoms with E-state index in [1.807, 2.05) is 0 Å². The van der Waals surface area contributed by atoms with Gasteiger partial charge in [0.2, 0.25) is 5.91 Å². The van der Waals surface area contributed by atoms with Crippen LogP contribution in [0.5, 0.6) is 0 Å². The summed E-state index contributed by atoms with van der Waals surface area (Å²) in [6.07, 6.45) is 3.56. The zero-order chi connectivity index (χ0) is 8.84. The molecule has 3 rings (SSSR count). The highest BCUT2D eigenvalue weighted by molar-refractivity contribution is 5.81. The van der Waals surface area contributed by atoms with Gasteiger partial charge in [0, 0.05) is 12.0 Å². The molecule has 0 aromatic rings. The van der Waals surface area contributed by atoms with Crippen molar-refractivity contribution in [3.05, 3.63) is 0 Å². The second-order valence-electron chi connectivity index (χ2n) is 4.72. The fourth-order valence-corrected chi connectivity index (χ4v) is 2.61. The fraction of sp³-hybridized carbons (Fsp3) is 0.900. The molecule has 3 heteroatoms. The van der Waals surface area contributed by atoms with E-state index in [0.717, 1.165) is 37.8 Å². The molecule has 2 bridgehead atoms. The number of carbonyl (C=O) groups is 1. The van der Waals surface area contributed by atoms with E-state index in [-0.39, 0.29) is 0 Å². The van der Waals surface area contributed by atoms with Crippen molar-refractivity contribution in [1.29, 1.82) is 0 Å². The Hall–Kier alpha value is -0.570. The van der Waals surface area contributed by atoms with Crippen LogP contribution < -0.4 is 10.6 Å². The molecular formula is C10H16N2O. The number of amides is 1. The molecule has 1 amide bonds. The van der Waals surface area contributed by atoms with Crippen LogP contribution >= 0.6 is 0 Å². The lowest BCUT2D eigenvalue weighted by atomic mass is 9.67. The summed E-state index contributed by atoms with van der Waals surface area (Å²) in [5.74, 6) is 2.14. The van der Waals surface area contributed by atoms with E-state index < -0.39 is 0 Å². The van der Waals surface area contributed by atoms with Crippen LogP contribution in [0.25, 0.3) is 0 Å². The lowest BCUT2D eigenvalue weighted by Crippen LogP contribution is -2.63. The minimum absolute atomic E-state index is 0.321. The Kier molecular flexibility index (Phi) is 1.62. The van der Waals surface area contributed by atoms with Crippen molar-refractivity contribution in [3.63, 3.8) is 0 Å². The molecule has 0 aromatic heterocycles. The maximum absolute atomic E-state index is 11.5. The van der Waals surface area contributed by atoms with Gasteiger partial charge in [-0.1, -0.05) is 0 Å². The number of hydrogen-bond acceptors (Lipinski definition) is 2. The van der Waals surface area contributed by atoms with E-state index in [1.54, 1.807) is 0 Å². The van der Waals surface area contributed by atoms with Crippen LogP contribution in [0.15, 0.2) is 0 Å². The SMILES string of the molecule is O=C(NC1C2CNCC1C2)C1CC1. The smallest absolute Gasteiger partial charge is 0.223 e. The largest absolute Gasteiger partial charge is 0.352 e. The predicted molar refractivity (Wildman–Crippen MR) is 49.1 cm³/mol. The van der Waals surface area contributed by atoms with E-state index in [9.17, 15) is 4.79 Å². The molecule has 0 aromatic carbocycles. The van der Waals surface area contributed by atoms with Gasteiger partial charge in [0.05, 0.1) is 0 Å². The van der Waals surface area contributed by atoms with Crippen molar-refractivity contribution in [2.45, 2.75) is 25.3 Å². The van der Waals surface area contributed by atoms with Gasteiger partial charge < -0.3 is 10.6 Å². The normalized spacial score (nSPS) is 42.3. The molecule has 1 saturated heterocycles. The highest BCUT2D eigenvalue weighted by atomic mass is 16.2.